The van der Waals surface area contributed by atoms with Crippen LogP contribution in [0, 0.1) is 20.8 Å². The summed E-state index contributed by atoms with van der Waals surface area (Å²) in [5, 5.41) is -0.223. The lowest BCUT2D eigenvalue weighted by Gasteiger charge is -2.17. The maximum atomic E-state index is 5.80. The maximum Gasteiger partial charge on any atom is 0.122 e. The SMILES string of the molecule is COc1cc(C)c(C(N)S)c(C)c1C. The number of methoxy groups -OCH3 is 1. The molecule has 0 radical (unpaired) electrons. The van der Waals surface area contributed by atoms with Crippen LogP contribution in [0.2, 0.25) is 0 Å². The zero-order valence-corrected chi connectivity index (χ0v) is 9.98. The third-order valence-electron chi connectivity index (χ3n) is 2.62. The highest BCUT2D eigenvalue weighted by Gasteiger charge is 2.13. The van der Waals surface area contributed by atoms with Gasteiger partial charge in [0, 0.05) is 0 Å². The summed E-state index contributed by atoms with van der Waals surface area (Å²) >= 11 is 4.27. The highest BCUT2D eigenvalue weighted by atomic mass is 32.1. The van der Waals surface area contributed by atoms with Gasteiger partial charge in [-0.05, 0) is 49.1 Å². The Morgan fingerprint density at radius 2 is 1.86 bits per heavy atom. The first-order valence-corrected chi connectivity index (χ1v) is 5.09. The summed E-state index contributed by atoms with van der Waals surface area (Å²) in [5.74, 6) is 0.915. The molecule has 2 N–H and O–H groups in total. The lowest BCUT2D eigenvalue weighted by atomic mass is 9.97. The van der Waals surface area contributed by atoms with Crippen LogP contribution in [0.5, 0.6) is 5.75 Å². The monoisotopic (exact) mass is 211 g/mol. The summed E-state index contributed by atoms with van der Waals surface area (Å²) in [6, 6.07) is 2.01. The number of thiol groups is 1. The van der Waals surface area contributed by atoms with Crippen LogP contribution in [0.3, 0.4) is 0 Å². The van der Waals surface area contributed by atoms with Crippen molar-refractivity contribution in [2.24, 2.45) is 5.73 Å². The van der Waals surface area contributed by atoms with Crippen LogP contribution >= 0.6 is 12.6 Å². The Balaban J connectivity index is 3.41. The summed E-state index contributed by atoms with van der Waals surface area (Å²) in [4.78, 5) is 0. The van der Waals surface area contributed by atoms with Crippen LogP contribution in [0.25, 0.3) is 0 Å². The lowest BCUT2D eigenvalue weighted by Crippen LogP contribution is -2.08. The summed E-state index contributed by atoms with van der Waals surface area (Å²) in [5.41, 5.74) is 10.3. The van der Waals surface area contributed by atoms with E-state index in [1.165, 1.54) is 5.56 Å². The predicted octanol–water partition coefficient (Wildman–Crippen LogP) is 2.51. The fraction of sp³-hybridized carbons (Fsp3) is 0.455. The van der Waals surface area contributed by atoms with Gasteiger partial charge in [0.2, 0.25) is 0 Å². The van der Waals surface area contributed by atoms with Crippen molar-refractivity contribution >= 4 is 12.6 Å². The molecular weight excluding hydrogens is 194 g/mol. The average molecular weight is 211 g/mol. The molecule has 0 amide bonds. The van der Waals surface area contributed by atoms with Gasteiger partial charge in [0.05, 0.1) is 12.5 Å². The van der Waals surface area contributed by atoms with Crippen LogP contribution in [-0.2, 0) is 0 Å². The Labute approximate surface area is 90.9 Å². The van der Waals surface area contributed by atoms with Crippen molar-refractivity contribution in [3.8, 4) is 5.75 Å². The second kappa shape index (κ2) is 4.24. The fourth-order valence-electron chi connectivity index (χ4n) is 1.73. The molecule has 0 saturated heterocycles. The van der Waals surface area contributed by atoms with Crippen molar-refractivity contribution in [1.82, 2.24) is 0 Å². The quantitative estimate of drug-likeness (QED) is 0.582. The number of hydrogen-bond donors (Lipinski definition) is 2. The smallest absolute Gasteiger partial charge is 0.122 e. The van der Waals surface area contributed by atoms with E-state index in [4.69, 9.17) is 10.5 Å². The predicted molar refractivity (Wildman–Crippen MR) is 63.1 cm³/mol. The first-order valence-electron chi connectivity index (χ1n) is 4.57. The van der Waals surface area contributed by atoms with E-state index in [2.05, 4.69) is 19.6 Å². The van der Waals surface area contributed by atoms with Gasteiger partial charge in [-0.15, -0.1) is 0 Å². The molecule has 1 aromatic carbocycles. The minimum absolute atomic E-state index is 0.223. The highest BCUT2D eigenvalue weighted by Crippen LogP contribution is 2.31. The highest BCUT2D eigenvalue weighted by molar-refractivity contribution is 7.80. The molecular formula is C11H17NOS. The molecule has 78 valence electrons. The Morgan fingerprint density at radius 1 is 1.29 bits per heavy atom. The van der Waals surface area contributed by atoms with Crippen molar-refractivity contribution in [2.45, 2.75) is 26.1 Å². The molecule has 0 aliphatic heterocycles. The number of rotatable bonds is 2. The summed E-state index contributed by atoms with van der Waals surface area (Å²) < 4.78 is 5.28. The van der Waals surface area contributed by atoms with Gasteiger partial charge in [0.25, 0.3) is 0 Å². The molecule has 1 rings (SSSR count). The van der Waals surface area contributed by atoms with Gasteiger partial charge in [0.1, 0.15) is 5.75 Å². The molecule has 14 heavy (non-hydrogen) atoms. The van der Waals surface area contributed by atoms with E-state index in [1.54, 1.807) is 7.11 Å². The van der Waals surface area contributed by atoms with Gasteiger partial charge in [0.15, 0.2) is 0 Å². The molecule has 0 spiro atoms. The van der Waals surface area contributed by atoms with E-state index in [1.807, 2.05) is 19.9 Å². The van der Waals surface area contributed by atoms with Crippen molar-refractivity contribution < 1.29 is 4.74 Å². The molecule has 0 bridgehead atoms. The standard InChI is InChI=1S/C11H17NOS/c1-6-5-9(13-4)7(2)8(3)10(6)11(12)14/h5,11,14H,12H2,1-4H3. The maximum absolute atomic E-state index is 5.80. The number of hydrogen-bond acceptors (Lipinski definition) is 3. The second-order valence-corrected chi connectivity index (χ2v) is 4.06. The molecule has 0 aliphatic rings. The summed E-state index contributed by atoms with van der Waals surface area (Å²) in [6.07, 6.45) is 0. The molecule has 2 nitrogen and oxygen atoms in total. The summed E-state index contributed by atoms with van der Waals surface area (Å²) in [7, 11) is 1.68. The van der Waals surface area contributed by atoms with Crippen LogP contribution in [-0.4, -0.2) is 7.11 Å². The van der Waals surface area contributed by atoms with Crippen LogP contribution in [0.4, 0.5) is 0 Å². The molecule has 3 heteroatoms. The molecule has 0 fully saturated rings. The normalized spacial score (nSPS) is 12.7. The van der Waals surface area contributed by atoms with Crippen LogP contribution in [0.1, 0.15) is 27.6 Å². The minimum atomic E-state index is -0.223. The van der Waals surface area contributed by atoms with Gasteiger partial charge >= 0.3 is 0 Å². The van der Waals surface area contributed by atoms with Gasteiger partial charge in [-0.25, -0.2) is 0 Å². The van der Waals surface area contributed by atoms with Crippen molar-refractivity contribution in [2.75, 3.05) is 7.11 Å². The van der Waals surface area contributed by atoms with Crippen LogP contribution in [0.15, 0.2) is 6.07 Å². The number of ether oxygens (including phenoxy) is 1. The van der Waals surface area contributed by atoms with Crippen molar-refractivity contribution in [1.29, 1.82) is 0 Å². The Hall–Kier alpha value is -0.670. The van der Waals surface area contributed by atoms with E-state index in [0.29, 0.717) is 0 Å². The van der Waals surface area contributed by atoms with Gasteiger partial charge in [-0.2, -0.15) is 12.6 Å². The van der Waals surface area contributed by atoms with Gasteiger partial charge < -0.3 is 10.5 Å². The fourth-order valence-corrected chi connectivity index (χ4v) is 2.13. The first kappa shape index (κ1) is 11.4. The molecule has 0 heterocycles. The van der Waals surface area contributed by atoms with E-state index in [0.717, 1.165) is 22.4 Å². The molecule has 0 aromatic heterocycles. The van der Waals surface area contributed by atoms with E-state index >= 15 is 0 Å². The first-order chi connectivity index (χ1) is 6.49. The third-order valence-corrected chi connectivity index (χ3v) is 2.88. The molecule has 1 atom stereocenters. The van der Waals surface area contributed by atoms with Gasteiger partial charge in [-0.3, -0.25) is 0 Å². The zero-order valence-electron chi connectivity index (χ0n) is 9.09. The third kappa shape index (κ3) is 1.88. The van der Waals surface area contributed by atoms with E-state index < -0.39 is 0 Å². The van der Waals surface area contributed by atoms with Crippen LogP contribution < -0.4 is 10.5 Å². The van der Waals surface area contributed by atoms with Gasteiger partial charge in [-0.1, -0.05) is 0 Å². The molecule has 0 aliphatic carbocycles. The Kier molecular flexibility index (Phi) is 3.45. The second-order valence-electron chi connectivity index (χ2n) is 3.50. The Bertz CT molecular complexity index is 348. The molecule has 1 aromatic rings. The lowest BCUT2D eigenvalue weighted by molar-refractivity contribution is 0.410. The molecule has 1 unspecified atom stereocenters. The van der Waals surface area contributed by atoms with Crippen molar-refractivity contribution in [3.63, 3.8) is 0 Å². The number of nitrogens with two attached hydrogens (primary N) is 1. The average Bonchev–Trinajstić information content (AvgIpc) is 2.10. The molecule has 0 saturated carbocycles. The summed E-state index contributed by atoms with van der Waals surface area (Å²) in [6.45, 7) is 6.11. The topological polar surface area (TPSA) is 35.2 Å². The zero-order chi connectivity index (χ0) is 10.9. The number of aryl methyl sites for hydroxylation is 1. The Morgan fingerprint density at radius 3 is 2.29 bits per heavy atom. The number of benzene rings is 1. The van der Waals surface area contributed by atoms with E-state index in [-0.39, 0.29) is 5.37 Å². The van der Waals surface area contributed by atoms with Crippen molar-refractivity contribution in [3.05, 3.63) is 28.3 Å². The minimum Gasteiger partial charge on any atom is -0.496 e. The van der Waals surface area contributed by atoms with E-state index in [9.17, 15) is 0 Å². The largest absolute Gasteiger partial charge is 0.496 e.